The Hall–Kier alpha value is -4.68. The zero-order valence-electron chi connectivity index (χ0n) is 31.7. The number of rotatable bonds is 16. The van der Waals surface area contributed by atoms with Gasteiger partial charge in [-0.25, -0.2) is 14.4 Å². The number of hydrogen-bond donors (Lipinski definition) is 3. The molecule has 0 aromatic heterocycles. The van der Waals surface area contributed by atoms with Gasteiger partial charge in [-0.1, -0.05) is 86.6 Å². The van der Waals surface area contributed by atoms with Gasteiger partial charge in [0.2, 0.25) is 5.91 Å². The van der Waals surface area contributed by atoms with Gasteiger partial charge in [-0.05, 0) is 60.4 Å². The number of ether oxygens (including phenoxy) is 5. The lowest BCUT2D eigenvalue weighted by Gasteiger charge is -2.47. The van der Waals surface area contributed by atoms with E-state index in [2.05, 4.69) is 29.8 Å². The van der Waals surface area contributed by atoms with E-state index in [1.807, 2.05) is 72.8 Å². The van der Waals surface area contributed by atoms with Gasteiger partial charge in [0.15, 0.2) is 5.79 Å². The molecular formula is C42H55N3O9. The van der Waals surface area contributed by atoms with Crippen molar-refractivity contribution in [1.29, 1.82) is 0 Å². The fourth-order valence-corrected chi connectivity index (χ4v) is 7.10. The number of nitrogens with one attached hydrogen (secondary N) is 3. The Kier molecular flexibility index (Phi) is 15.1. The molecule has 3 amide bonds. The van der Waals surface area contributed by atoms with Crippen molar-refractivity contribution < 1.29 is 42.9 Å². The van der Waals surface area contributed by atoms with Crippen LogP contribution < -0.4 is 16.0 Å². The van der Waals surface area contributed by atoms with Crippen LogP contribution in [0.2, 0.25) is 0 Å². The molecule has 2 fully saturated rings. The molecule has 0 unspecified atom stereocenters. The third kappa shape index (κ3) is 12.4. The largest absolute Gasteiger partial charge is 0.464 e. The van der Waals surface area contributed by atoms with Gasteiger partial charge in [-0.3, -0.25) is 4.79 Å². The fourth-order valence-electron chi connectivity index (χ4n) is 7.10. The van der Waals surface area contributed by atoms with Crippen LogP contribution in [0.15, 0.2) is 72.8 Å². The van der Waals surface area contributed by atoms with Crippen molar-refractivity contribution in [2.24, 2.45) is 5.92 Å². The quantitative estimate of drug-likeness (QED) is 0.107. The molecule has 292 valence electrons. The van der Waals surface area contributed by atoms with Crippen LogP contribution >= 0.6 is 0 Å². The number of alkyl carbamates (subject to hydrolysis) is 2. The highest BCUT2D eigenvalue weighted by molar-refractivity contribution is 5.86. The maximum absolute atomic E-state index is 13.3. The average Bonchev–Trinajstić information content (AvgIpc) is 3.15. The molecule has 12 heteroatoms. The van der Waals surface area contributed by atoms with Gasteiger partial charge in [-0.2, -0.15) is 0 Å². The van der Waals surface area contributed by atoms with Crippen molar-refractivity contribution in [1.82, 2.24) is 16.0 Å². The molecule has 2 aliphatic rings. The third-order valence-corrected chi connectivity index (χ3v) is 9.76. The summed E-state index contributed by atoms with van der Waals surface area (Å²) in [5, 5.41) is 10.7. The van der Waals surface area contributed by atoms with Gasteiger partial charge in [-0.15, -0.1) is 0 Å². The first kappa shape index (κ1) is 40.5. The van der Waals surface area contributed by atoms with Crippen LogP contribution in [0.4, 0.5) is 9.59 Å². The molecule has 5 rings (SSSR count). The minimum atomic E-state index is -1.10. The first-order valence-corrected chi connectivity index (χ1v) is 19.3. The summed E-state index contributed by atoms with van der Waals surface area (Å²) in [6, 6.07) is 22.6. The monoisotopic (exact) mass is 745 g/mol. The molecule has 5 atom stereocenters. The molecule has 3 aromatic rings. The molecule has 2 saturated heterocycles. The molecule has 3 N–H and O–H groups in total. The maximum atomic E-state index is 13.3. The second-order valence-electron chi connectivity index (χ2n) is 14.5. The van der Waals surface area contributed by atoms with E-state index in [4.69, 9.17) is 23.7 Å². The molecule has 2 heterocycles. The molecule has 3 aromatic carbocycles. The zero-order chi connectivity index (χ0) is 38.3. The van der Waals surface area contributed by atoms with Crippen molar-refractivity contribution in [3.63, 3.8) is 0 Å². The van der Waals surface area contributed by atoms with Crippen LogP contribution in [0.25, 0.3) is 10.8 Å². The first-order valence-electron chi connectivity index (χ1n) is 19.3. The lowest BCUT2D eigenvalue weighted by atomic mass is 9.90. The number of benzene rings is 3. The van der Waals surface area contributed by atoms with Crippen molar-refractivity contribution in [3.8, 4) is 0 Å². The highest BCUT2D eigenvalue weighted by Gasteiger charge is 2.47. The van der Waals surface area contributed by atoms with E-state index in [9.17, 15) is 19.2 Å². The molecule has 0 saturated carbocycles. The van der Waals surface area contributed by atoms with Gasteiger partial charge in [0.25, 0.3) is 0 Å². The standard InChI is InChI=1S/C42H55N3O9/c1-4-50-39(47)37(24-30-12-6-5-7-13-30)45-38(46)20-19-33-25-35(52-41(49)44-27-32-16-10-15-31-14-8-9-18-36(31)32)26-42(53-33)22-11-17-34(54-42)28-51-40(48)43-23-21-29(2)3/h5-10,12-16,18,29,33-35,37H,4,11,17,19-28H2,1-3H3,(H,43,48)(H,44,49)(H,45,46)/t33-,34-,35-,37+,42+/m1/s1. The average molecular weight is 746 g/mol. The Bertz CT molecular complexity index is 1680. The van der Waals surface area contributed by atoms with Crippen LogP contribution in [0.5, 0.6) is 0 Å². The molecule has 2 aliphatic heterocycles. The Morgan fingerprint density at radius 2 is 1.65 bits per heavy atom. The van der Waals surface area contributed by atoms with E-state index < -0.39 is 48.3 Å². The van der Waals surface area contributed by atoms with Crippen LogP contribution in [0.3, 0.4) is 0 Å². The lowest BCUT2D eigenvalue weighted by molar-refractivity contribution is -0.329. The van der Waals surface area contributed by atoms with Gasteiger partial charge in [0.1, 0.15) is 18.8 Å². The van der Waals surface area contributed by atoms with Gasteiger partial charge < -0.3 is 39.6 Å². The van der Waals surface area contributed by atoms with Gasteiger partial charge in [0.05, 0.1) is 18.8 Å². The number of carbonyl (C=O) groups is 4. The Balaban J connectivity index is 1.22. The highest BCUT2D eigenvalue weighted by atomic mass is 16.7. The molecule has 0 bridgehead atoms. The summed E-state index contributed by atoms with van der Waals surface area (Å²) in [5.41, 5.74) is 1.87. The molecule has 12 nitrogen and oxygen atoms in total. The molecule has 0 aliphatic carbocycles. The summed E-state index contributed by atoms with van der Waals surface area (Å²) >= 11 is 0. The summed E-state index contributed by atoms with van der Waals surface area (Å²) < 4.78 is 29.9. The van der Waals surface area contributed by atoms with Crippen molar-refractivity contribution in [2.75, 3.05) is 19.8 Å². The van der Waals surface area contributed by atoms with Crippen LogP contribution in [-0.4, -0.2) is 74.0 Å². The normalized spacial score (nSPS) is 21.6. The Labute approximate surface area is 318 Å². The van der Waals surface area contributed by atoms with Crippen LogP contribution in [0.1, 0.15) is 83.3 Å². The lowest BCUT2D eigenvalue weighted by Crippen LogP contribution is -2.54. The maximum Gasteiger partial charge on any atom is 0.407 e. The number of fused-ring (bicyclic) bond motifs is 1. The summed E-state index contributed by atoms with van der Waals surface area (Å²) in [7, 11) is 0. The minimum Gasteiger partial charge on any atom is -0.464 e. The van der Waals surface area contributed by atoms with E-state index in [1.165, 1.54) is 0 Å². The number of esters is 1. The van der Waals surface area contributed by atoms with Crippen LogP contribution in [-0.2, 0) is 46.2 Å². The van der Waals surface area contributed by atoms with E-state index in [1.54, 1.807) is 6.92 Å². The Morgan fingerprint density at radius 3 is 2.44 bits per heavy atom. The van der Waals surface area contributed by atoms with E-state index in [-0.39, 0.29) is 38.5 Å². The summed E-state index contributed by atoms with van der Waals surface area (Å²) in [6.07, 6.45) is 1.58. The first-order chi connectivity index (χ1) is 26.1. The SMILES string of the molecule is CCOC(=O)[C@H](Cc1ccccc1)NC(=O)CC[C@@H]1C[C@@H](OC(=O)NCc2cccc3ccccc23)C[C@@]2(CCC[C@H](COC(=O)NCCC(C)C)O2)O1. The summed E-state index contributed by atoms with van der Waals surface area (Å²) in [5.74, 6) is -1.46. The molecular weight excluding hydrogens is 690 g/mol. The van der Waals surface area contributed by atoms with Gasteiger partial charge in [0, 0.05) is 45.2 Å². The third-order valence-electron chi connectivity index (χ3n) is 9.76. The van der Waals surface area contributed by atoms with Crippen molar-refractivity contribution in [2.45, 2.75) is 115 Å². The minimum absolute atomic E-state index is 0.0550. The number of carbonyl (C=O) groups excluding carboxylic acids is 4. The molecule has 0 radical (unpaired) electrons. The Morgan fingerprint density at radius 1 is 0.889 bits per heavy atom. The second kappa shape index (κ2) is 20.1. The fraction of sp³-hybridized carbons (Fsp3) is 0.524. The highest BCUT2D eigenvalue weighted by Crippen LogP contribution is 2.41. The van der Waals surface area contributed by atoms with E-state index in [0.29, 0.717) is 44.6 Å². The van der Waals surface area contributed by atoms with Crippen molar-refractivity contribution >= 4 is 34.8 Å². The predicted molar refractivity (Wildman–Crippen MR) is 203 cm³/mol. The van der Waals surface area contributed by atoms with Crippen LogP contribution in [0, 0.1) is 5.92 Å². The molecule has 1 spiro atoms. The number of amides is 3. The number of hydrogen-bond acceptors (Lipinski definition) is 9. The van der Waals surface area contributed by atoms with E-state index >= 15 is 0 Å². The van der Waals surface area contributed by atoms with E-state index in [0.717, 1.165) is 34.7 Å². The predicted octanol–water partition coefficient (Wildman–Crippen LogP) is 6.72. The van der Waals surface area contributed by atoms with Crippen molar-refractivity contribution in [3.05, 3.63) is 83.9 Å². The van der Waals surface area contributed by atoms with Gasteiger partial charge >= 0.3 is 18.2 Å². The second-order valence-corrected chi connectivity index (χ2v) is 14.5. The summed E-state index contributed by atoms with van der Waals surface area (Å²) in [4.78, 5) is 51.7. The smallest absolute Gasteiger partial charge is 0.407 e. The molecule has 54 heavy (non-hydrogen) atoms. The topological polar surface area (TPSA) is 151 Å². The zero-order valence-corrected chi connectivity index (χ0v) is 31.7. The summed E-state index contributed by atoms with van der Waals surface area (Å²) in [6.45, 7) is 6.97.